The van der Waals surface area contributed by atoms with Gasteiger partial charge in [0.05, 0.1) is 17.2 Å². The van der Waals surface area contributed by atoms with E-state index in [0.717, 1.165) is 42.6 Å². The largest absolute Gasteiger partial charge is 0.385 e. The second-order valence-electron chi connectivity index (χ2n) is 4.41. The van der Waals surface area contributed by atoms with Crippen LogP contribution in [0.4, 0.5) is 5.82 Å². The quantitative estimate of drug-likeness (QED) is 0.792. The molecule has 0 unspecified atom stereocenters. The first kappa shape index (κ1) is 14.0. The van der Waals surface area contributed by atoms with Crippen LogP contribution in [0.5, 0.6) is 0 Å². The number of methoxy groups -OCH3 is 1. The smallest absolute Gasteiger partial charge is 0.148 e. The monoisotopic (exact) mass is 280 g/mol. The van der Waals surface area contributed by atoms with Gasteiger partial charge in [0, 0.05) is 37.4 Å². The molecule has 0 aliphatic heterocycles. The van der Waals surface area contributed by atoms with Crippen molar-refractivity contribution in [2.45, 2.75) is 33.4 Å². The third-order valence-electron chi connectivity index (χ3n) is 2.81. The fourth-order valence-electron chi connectivity index (χ4n) is 1.86. The Kier molecular flexibility index (Phi) is 4.93. The lowest BCUT2D eigenvalue weighted by Gasteiger charge is -2.02. The molecule has 19 heavy (non-hydrogen) atoms. The highest BCUT2D eigenvalue weighted by molar-refractivity contribution is 7.11. The Morgan fingerprint density at radius 2 is 2.26 bits per heavy atom. The first-order valence-electron chi connectivity index (χ1n) is 6.38. The van der Waals surface area contributed by atoms with E-state index in [4.69, 9.17) is 4.74 Å². The summed E-state index contributed by atoms with van der Waals surface area (Å²) in [5.41, 5.74) is 1.11. The van der Waals surface area contributed by atoms with Crippen LogP contribution in [0.3, 0.4) is 0 Å². The molecule has 5 nitrogen and oxygen atoms in total. The molecule has 0 spiro atoms. The summed E-state index contributed by atoms with van der Waals surface area (Å²) < 4.78 is 6.97. The van der Waals surface area contributed by atoms with Crippen LogP contribution in [0.15, 0.2) is 12.3 Å². The molecule has 0 saturated carbocycles. The highest BCUT2D eigenvalue weighted by atomic mass is 32.1. The number of aromatic nitrogens is 3. The number of aryl methyl sites for hydroxylation is 3. The van der Waals surface area contributed by atoms with Gasteiger partial charge in [0.2, 0.25) is 0 Å². The molecule has 0 aromatic carbocycles. The number of thiazole rings is 1. The normalized spacial score (nSPS) is 10.9. The van der Waals surface area contributed by atoms with Crippen LogP contribution in [-0.2, 0) is 17.8 Å². The van der Waals surface area contributed by atoms with Crippen LogP contribution in [0.25, 0.3) is 0 Å². The minimum atomic E-state index is 0.766. The zero-order chi connectivity index (χ0) is 13.7. The van der Waals surface area contributed by atoms with E-state index in [9.17, 15) is 0 Å². The average Bonchev–Trinajstić information content (AvgIpc) is 2.94. The summed E-state index contributed by atoms with van der Waals surface area (Å²) in [5.74, 6) is 0.905. The van der Waals surface area contributed by atoms with Gasteiger partial charge < -0.3 is 10.1 Å². The number of nitrogens with one attached hydrogen (secondary N) is 1. The van der Waals surface area contributed by atoms with Crippen molar-refractivity contribution >= 4 is 17.2 Å². The van der Waals surface area contributed by atoms with E-state index in [0.29, 0.717) is 0 Å². The minimum absolute atomic E-state index is 0.766. The lowest BCUT2D eigenvalue weighted by atomic mass is 10.4. The Labute approximate surface area is 117 Å². The van der Waals surface area contributed by atoms with Crippen LogP contribution in [0.1, 0.15) is 22.0 Å². The summed E-state index contributed by atoms with van der Waals surface area (Å²) >= 11 is 1.73. The maximum absolute atomic E-state index is 5.03. The van der Waals surface area contributed by atoms with E-state index in [2.05, 4.69) is 15.4 Å². The Hall–Kier alpha value is -1.40. The Morgan fingerprint density at radius 3 is 2.95 bits per heavy atom. The molecule has 1 N–H and O–H groups in total. The zero-order valence-electron chi connectivity index (χ0n) is 11.6. The molecule has 104 valence electrons. The Balaban J connectivity index is 1.84. The summed E-state index contributed by atoms with van der Waals surface area (Å²) in [4.78, 5) is 5.69. The molecular weight excluding hydrogens is 260 g/mol. The lowest BCUT2D eigenvalue weighted by molar-refractivity contribution is 0.189. The number of rotatable bonds is 7. The van der Waals surface area contributed by atoms with Crippen molar-refractivity contribution in [2.24, 2.45) is 0 Å². The molecule has 0 atom stereocenters. The van der Waals surface area contributed by atoms with Crippen molar-refractivity contribution < 1.29 is 4.74 Å². The molecule has 2 rings (SSSR count). The molecule has 0 aliphatic carbocycles. The molecule has 0 saturated heterocycles. The molecular formula is C13H20N4OS. The first-order valence-corrected chi connectivity index (χ1v) is 7.20. The highest BCUT2D eigenvalue weighted by Crippen LogP contribution is 2.18. The number of hydrogen-bond donors (Lipinski definition) is 1. The van der Waals surface area contributed by atoms with Gasteiger partial charge >= 0.3 is 0 Å². The Bertz CT molecular complexity index is 520. The van der Waals surface area contributed by atoms with E-state index >= 15 is 0 Å². The summed E-state index contributed by atoms with van der Waals surface area (Å²) in [6, 6.07) is 2.00. The first-order chi connectivity index (χ1) is 9.19. The predicted molar refractivity (Wildman–Crippen MR) is 77.6 cm³/mol. The van der Waals surface area contributed by atoms with Crippen molar-refractivity contribution in [3.05, 3.63) is 27.8 Å². The third kappa shape index (κ3) is 4.04. The summed E-state index contributed by atoms with van der Waals surface area (Å²) in [7, 11) is 1.72. The summed E-state index contributed by atoms with van der Waals surface area (Å²) in [5, 5.41) is 8.91. The van der Waals surface area contributed by atoms with Gasteiger partial charge in [-0.3, -0.25) is 4.68 Å². The molecule has 0 fully saturated rings. The van der Waals surface area contributed by atoms with Crippen molar-refractivity contribution in [3.8, 4) is 0 Å². The Morgan fingerprint density at radius 1 is 1.42 bits per heavy atom. The van der Waals surface area contributed by atoms with Gasteiger partial charge in [-0.1, -0.05) is 0 Å². The van der Waals surface area contributed by atoms with E-state index in [-0.39, 0.29) is 0 Å². The van der Waals surface area contributed by atoms with E-state index in [1.54, 1.807) is 18.4 Å². The van der Waals surface area contributed by atoms with Crippen molar-refractivity contribution in [3.63, 3.8) is 0 Å². The average molecular weight is 280 g/mol. The van der Waals surface area contributed by atoms with E-state index in [1.165, 1.54) is 4.88 Å². The second-order valence-corrected chi connectivity index (χ2v) is 5.69. The SMILES string of the molecule is COCCCn1ccc(NCc2sc(C)nc2C)n1. The fourth-order valence-corrected chi connectivity index (χ4v) is 2.74. The molecule has 2 aromatic rings. The molecule has 6 heteroatoms. The maximum atomic E-state index is 5.03. The zero-order valence-corrected chi connectivity index (χ0v) is 12.5. The number of nitrogens with zero attached hydrogens (tertiary/aromatic N) is 3. The molecule has 2 heterocycles. The van der Waals surface area contributed by atoms with E-state index in [1.807, 2.05) is 30.8 Å². The van der Waals surface area contributed by atoms with Crippen molar-refractivity contribution in [2.75, 3.05) is 19.0 Å². The van der Waals surface area contributed by atoms with Gasteiger partial charge in [-0.05, 0) is 20.3 Å². The van der Waals surface area contributed by atoms with Crippen LogP contribution < -0.4 is 5.32 Å². The molecule has 0 bridgehead atoms. The minimum Gasteiger partial charge on any atom is -0.385 e. The maximum Gasteiger partial charge on any atom is 0.148 e. The molecule has 0 radical (unpaired) electrons. The second kappa shape index (κ2) is 6.68. The van der Waals surface area contributed by atoms with Crippen molar-refractivity contribution in [1.29, 1.82) is 0 Å². The number of anilines is 1. The van der Waals surface area contributed by atoms with Gasteiger partial charge in [-0.2, -0.15) is 5.10 Å². The van der Waals surface area contributed by atoms with Gasteiger partial charge in [-0.25, -0.2) is 4.98 Å². The molecule has 0 aliphatic rings. The van der Waals surface area contributed by atoms with Crippen molar-refractivity contribution in [1.82, 2.24) is 14.8 Å². The van der Waals surface area contributed by atoms with Gasteiger partial charge in [0.15, 0.2) is 0 Å². The fraction of sp³-hybridized carbons (Fsp3) is 0.538. The predicted octanol–water partition coefficient (Wildman–Crippen LogP) is 2.61. The van der Waals surface area contributed by atoms with Crippen LogP contribution in [-0.4, -0.2) is 28.5 Å². The van der Waals surface area contributed by atoms with Crippen LogP contribution in [0, 0.1) is 13.8 Å². The van der Waals surface area contributed by atoms with Gasteiger partial charge in [0.1, 0.15) is 5.82 Å². The van der Waals surface area contributed by atoms with Crippen LogP contribution >= 0.6 is 11.3 Å². The number of ether oxygens (including phenoxy) is 1. The third-order valence-corrected chi connectivity index (χ3v) is 3.88. The highest BCUT2D eigenvalue weighted by Gasteiger charge is 2.05. The summed E-state index contributed by atoms with van der Waals surface area (Å²) in [6.07, 6.45) is 2.97. The molecule has 0 amide bonds. The lowest BCUT2D eigenvalue weighted by Crippen LogP contribution is -2.04. The van der Waals surface area contributed by atoms with E-state index < -0.39 is 0 Å². The molecule has 2 aromatic heterocycles. The van der Waals surface area contributed by atoms with Gasteiger partial charge in [0.25, 0.3) is 0 Å². The van der Waals surface area contributed by atoms with Gasteiger partial charge in [-0.15, -0.1) is 11.3 Å². The number of hydrogen-bond acceptors (Lipinski definition) is 5. The summed E-state index contributed by atoms with van der Waals surface area (Å²) in [6.45, 7) is 6.51. The standard InChI is InChI=1S/C13H20N4OS/c1-10-12(19-11(2)15-10)9-14-13-5-7-17(16-13)6-4-8-18-3/h5,7H,4,6,8-9H2,1-3H3,(H,14,16). The van der Waals surface area contributed by atoms with Crippen LogP contribution in [0.2, 0.25) is 0 Å². The topological polar surface area (TPSA) is 52.0 Å².